The number of rotatable bonds is 3. The maximum absolute atomic E-state index is 12.9. The quantitative estimate of drug-likeness (QED) is 0.926. The largest absolute Gasteiger partial charge is 0.416 e. The zero-order valence-electron chi connectivity index (χ0n) is 13.7. The van der Waals surface area contributed by atoms with Crippen molar-refractivity contribution in [3.05, 3.63) is 65.2 Å². The fourth-order valence-corrected chi connectivity index (χ4v) is 3.18. The third kappa shape index (κ3) is 4.31. The maximum Gasteiger partial charge on any atom is 0.416 e. The monoisotopic (exact) mass is 346 g/mol. The first kappa shape index (κ1) is 17.3. The average Bonchev–Trinajstić information content (AvgIpc) is 2.62. The lowest BCUT2D eigenvalue weighted by molar-refractivity contribution is -0.914. The summed E-state index contributed by atoms with van der Waals surface area (Å²) < 4.78 is 38.6. The number of nitrogens with zero attached hydrogens (tertiary/aromatic N) is 2. The van der Waals surface area contributed by atoms with Gasteiger partial charge in [-0.3, -0.25) is 0 Å². The van der Waals surface area contributed by atoms with Crippen molar-refractivity contribution in [2.24, 2.45) is 0 Å². The van der Waals surface area contributed by atoms with Gasteiger partial charge in [0.05, 0.1) is 43.4 Å². The molecule has 3 rings (SSSR count). The molecule has 6 heteroatoms. The molecule has 0 bridgehead atoms. The maximum atomic E-state index is 12.9. The molecule has 25 heavy (non-hydrogen) atoms. The predicted molar refractivity (Wildman–Crippen MR) is 89.2 cm³/mol. The molecule has 0 spiro atoms. The highest BCUT2D eigenvalue weighted by molar-refractivity contribution is 5.49. The van der Waals surface area contributed by atoms with Crippen molar-refractivity contribution in [2.75, 3.05) is 31.1 Å². The first-order chi connectivity index (χ1) is 12.0. The molecule has 2 aromatic carbocycles. The molecule has 1 saturated heterocycles. The summed E-state index contributed by atoms with van der Waals surface area (Å²) in [6.07, 6.45) is -4.31. The second-order valence-corrected chi connectivity index (χ2v) is 6.27. The zero-order valence-corrected chi connectivity index (χ0v) is 13.7. The van der Waals surface area contributed by atoms with E-state index in [4.69, 9.17) is 5.26 Å². The van der Waals surface area contributed by atoms with E-state index in [2.05, 4.69) is 6.07 Å². The van der Waals surface area contributed by atoms with E-state index in [9.17, 15) is 13.2 Å². The van der Waals surface area contributed by atoms with Gasteiger partial charge in [-0.2, -0.15) is 18.4 Å². The fourth-order valence-electron chi connectivity index (χ4n) is 3.18. The van der Waals surface area contributed by atoms with Crippen LogP contribution < -0.4 is 9.80 Å². The van der Waals surface area contributed by atoms with Crippen molar-refractivity contribution in [3.63, 3.8) is 0 Å². The van der Waals surface area contributed by atoms with Crippen molar-refractivity contribution in [2.45, 2.75) is 12.7 Å². The van der Waals surface area contributed by atoms with Gasteiger partial charge >= 0.3 is 6.18 Å². The van der Waals surface area contributed by atoms with E-state index >= 15 is 0 Å². The molecule has 130 valence electrons. The van der Waals surface area contributed by atoms with E-state index in [1.807, 2.05) is 23.1 Å². The third-order valence-electron chi connectivity index (χ3n) is 4.52. The van der Waals surface area contributed by atoms with Crippen LogP contribution >= 0.6 is 0 Å². The Bertz CT molecular complexity index is 772. The number of piperazine rings is 1. The van der Waals surface area contributed by atoms with Gasteiger partial charge in [0.1, 0.15) is 6.54 Å². The molecular weight excluding hydrogens is 327 g/mol. The molecule has 1 fully saturated rings. The lowest BCUT2D eigenvalue weighted by Crippen LogP contribution is -3.13. The van der Waals surface area contributed by atoms with E-state index in [1.54, 1.807) is 12.1 Å². The number of hydrogen-bond acceptors (Lipinski definition) is 2. The number of nitrogens with one attached hydrogen (secondary N) is 1. The Balaban J connectivity index is 1.61. The molecule has 0 radical (unpaired) electrons. The SMILES string of the molecule is N#Cc1cccc(C[NH+]2CCN(c3cccc(C(F)(F)F)c3)CC2)c1. The van der Waals surface area contributed by atoms with Gasteiger partial charge in [0.2, 0.25) is 0 Å². The van der Waals surface area contributed by atoms with Crippen LogP contribution in [0.3, 0.4) is 0 Å². The summed E-state index contributed by atoms with van der Waals surface area (Å²) in [4.78, 5) is 3.38. The van der Waals surface area contributed by atoms with Gasteiger partial charge in [-0.1, -0.05) is 18.2 Å². The Hall–Kier alpha value is -2.52. The van der Waals surface area contributed by atoms with Crippen molar-refractivity contribution in [3.8, 4) is 6.07 Å². The van der Waals surface area contributed by atoms with Gasteiger partial charge in [0.25, 0.3) is 0 Å². The normalized spacial score (nSPS) is 15.8. The molecule has 1 aliphatic rings. The van der Waals surface area contributed by atoms with E-state index in [-0.39, 0.29) is 0 Å². The molecule has 0 aliphatic carbocycles. The van der Waals surface area contributed by atoms with Crippen molar-refractivity contribution < 1.29 is 18.1 Å². The van der Waals surface area contributed by atoms with Gasteiger partial charge in [-0.15, -0.1) is 0 Å². The number of hydrogen-bond donors (Lipinski definition) is 1. The molecule has 0 atom stereocenters. The van der Waals surface area contributed by atoms with Gasteiger partial charge in [-0.25, -0.2) is 0 Å². The van der Waals surface area contributed by atoms with Gasteiger partial charge in [0, 0.05) is 11.3 Å². The summed E-state index contributed by atoms with van der Waals surface area (Å²) in [6.45, 7) is 3.97. The third-order valence-corrected chi connectivity index (χ3v) is 4.52. The highest BCUT2D eigenvalue weighted by Gasteiger charge is 2.31. The number of nitriles is 1. The van der Waals surface area contributed by atoms with E-state index < -0.39 is 11.7 Å². The van der Waals surface area contributed by atoms with Crippen LogP contribution in [0.1, 0.15) is 16.7 Å². The van der Waals surface area contributed by atoms with Crippen LogP contribution in [0.4, 0.5) is 18.9 Å². The summed E-state index contributed by atoms with van der Waals surface area (Å²) in [5.74, 6) is 0. The first-order valence-corrected chi connectivity index (χ1v) is 8.20. The number of anilines is 1. The van der Waals surface area contributed by atoms with Crippen LogP contribution in [-0.2, 0) is 12.7 Å². The van der Waals surface area contributed by atoms with Crippen LogP contribution in [-0.4, -0.2) is 26.2 Å². The minimum atomic E-state index is -4.31. The molecule has 1 heterocycles. The second-order valence-electron chi connectivity index (χ2n) is 6.27. The highest BCUT2D eigenvalue weighted by atomic mass is 19.4. The number of halogens is 3. The summed E-state index contributed by atoms with van der Waals surface area (Å²) >= 11 is 0. The van der Waals surface area contributed by atoms with E-state index in [1.165, 1.54) is 17.0 Å². The summed E-state index contributed by atoms with van der Waals surface area (Å²) in [6, 6.07) is 15.2. The van der Waals surface area contributed by atoms with Crippen LogP contribution in [0.15, 0.2) is 48.5 Å². The summed E-state index contributed by atoms with van der Waals surface area (Å²) in [7, 11) is 0. The second kappa shape index (κ2) is 7.16. The van der Waals surface area contributed by atoms with Crippen LogP contribution in [0.2, 0.25) is 0 Å². The molecule has 0 amide bonds. The minimum Gasteiger partial charge on any atom is -0.360 e. The number of benzene rings is 2. The lowest BCUT2D eigenvalue weighted by Gasteiger charge is -2.34. The Labute approximate surface area is 144 Å². The summed E-state index contributed by atoms with van der Waals surface area (Å²) in [5, 5.41) is 8.96. The Morgan fingerprint density at radius 3 is 2.44 bits per heavy atom. The molecule has 0 aromatic heterocycles. The van der Waals surface area contributed by atoms with Crippen molar-refractivity contribution in [1.29, 1.82) is 5.26 Å². The number of alkyl halides is 3. The lowest BCUT2D eigenvalue weighted by atomic mass is 10.1. The van der Waals surface area contributed by atoms with Crippen LogP contribution in [0.25, 0.3) is 0 Å². The standard InChI is InChI=1S/C19H18F3N3/c20-19(21,22)17-5-2-6-18(12-17)25-9-7-24(8-10-25)14-16-4-1-3-15(11-16)13-23/h1-6,11-12H,7-10,14H2/p+1. The van der Waals surface area contributed by atoms with Crippen LogP contribution in [0.5, 0.6) is 0 Å². The first-order valence-electron chi connectivity index (χ1n) is 8.20. The average molecular weight is 346 g/mol. The molecule has 1 N–H and O–H groups in total. The molecule has 2 aromatic rings. The molecule has 1 aliphatic heterocycles. The van der Waals surface area contributed by atoms with Gasteiger partial charge in [-0.05, 0) is 30.3 Å². The van der Waals surface area contributed by atoms with Crippen molar-refractivity contribution in [1.82, 2.24) is 0 Å². The topological polar surface area (TPSA) is 31.5 Å². The van der Waals surface area contributed by atoms with Crippen LogP contribution in [0, 0.1) is 11.3 Å². The Kier molecular flexibility index (Phi) is 4.95. The summed E-state index contributed by atoms with van der Waals surface area (Å²) in [5.41, 5.74) is 1.79. The van der Waals surface area contributed by atoms with Crippen molar-refractivity contribution >= 4 is 5.69 Å². The van der Waals surface area contributed by atoms with Gasteiger partial charge < -0.3 is 9.80 Å². The molecule has 0 unspecified atom stereocenters. The molecular formula is C19H19F3N3+. The molecule has 0 saturated carbocycles. The Morgan fingerprint density at radius 2 is 1.76 bits per heavy atom. The highest BCUT2D eigenvalue weighted by Crippen LogP contribution is 2.31. The smallest absolute Gasteiger partial charge is 0.360 e. The minimum absolute atomic E-state index is 0.604. The van der Waals surface area contributed by atoms with E-state index in [0.29, 0.717) is 24.3 Å². The Morgan fingerprint density at radius 1 is 1.04 bits per heavy atom. The zero-order chi connectivity index (χ0) is 17.9. The predicted octanol–water partition coefficient (Wildman–Crippen LogP) is 2.48. The molecule has 3 nitrogen and oxygen atoms in total. The fraction of sp³-hybridized carbons (Fsp3) is 0.316. The number of quaternary nitrogens is 1. The van der Waals surface area contributed by atoms with Gasteiger partial charge in [0.15, 0.2) is 0 Å². The van der Waals surface area contributed by atoms with E-state index in [0.717, 1.165) is 31.3 Å².